The molecule has 2 aliphatic rings. The second-order valence-corrected chi connectivity index (χ2v) is 11.2. The number of fused-ring (bicyclic) bond motifs is 1. The minimum absolute atomic E-state index is 0.105. The van der Waals surface area contributed by atoms with Crippen LogP contribution < -0.4 is 20.3 Å². The SMILES string of the molecule is COc1ccc(CCNC(=O)CN2c3ccccc3NC3=C(C(=O)CC(C)(C)C3)C2c2cc(F)cc(F)c2)cc1. The molecule has 1 unspecified atom stereocenters. The number of rotatable bonds is 7. The summed E-state index contributed by atoms with van der Waals surface area (Å²) in [5.41, 5.74) is 3.58. The number of halogens is 2. The minimum atomic E-state index is -0.854. The number of amides is 1. The van der Waals surface area contributed by atoms with Crippen LogP contribution in [0.4, 0.5) is 20.2 Å². The van der Waals surface area contributed by atoms with Gasteiger partial charge in [-0.2, -0.15) is 0 Å². The topological polar surface area (TPSA) is 70.7 Å². The number of benzene rings is 3. The molecule has 1 atom stereocenters. The number of methoxy groups -OCH3 is 1. The Hall–Kier alpha value is -4.20. The molecular formula is C32H33F2N3O3. The van der Waals surface area contributed by atoms with Crippen LogP contribution in [-0.2, 0) is 16.0 Å². The zero-order valence-electron chi connectivity index (χ0n) is 22.9. The molecule has 6 nitrogen and oxygen atoms in total. The molecule has 0 saturated heterocycles. The predicted octanol–water partition coefficient (Wildman–Crippen LogP) is 5.95. The molecule has 0 fully saturated rings. The molecule has 0 bridgehead atoms. The summed E-state index contributed by atoms with van der Waals surface area (Å²) < 4.78 is 34.3. The highest BCUT2D eigenvalue weighted by atomic mass is 19.1. The van der Waals surface area contributed by atoms with E-state index in [1.54, 1.807) is 12.0 Å². The zero-order valence-corrected chi connectivity index (χ0v) is 22.9. The molecule has 3 aromatic carbocycles. The van der Waals surface area contributed by atoms with Crippen molar-refractivity contribution >= 4 is 23.1 Å². The fourth-order valence-electron chi connectivity index (χ4n) is 5.66. The van der Waals surface area contributed by atoms with Crippen LogP contribution in [-0.4, -0.2) is 31.9 Å². The highest BCUT2D eigenvalue weighted by Gasteiger charge is 2.42. The molecule has 1 amide bonds. The number of allylic oxidation sites excluding steroid dienone is 1. The van der Waals surface area contributed by atoms with E-state index in [9.17, 15) is 18.4 Å². The summed E-state index contributed by atoms with van der Waals surface area (Å²) in [6, 6.07) is 17.5. The van der Waals surface area contributed by atoms with E-state index in [0.29, 0.717) is 42.8 Å². The highest BCUT2D eigenvalue weighted by molar-refractivity contribution is 6.01. The van der Waals surface area contributed by atoms with Gasteiger partial charge in [0.1, 0.15) is 17.4 Å². The Bertz CT molecular complexity index is 1450. The Morgan fingerprint density at radius 1 is 1.05 bits per heavy atom. The van der Waals surface area contributed by atoms with Crippen LogP contribution in [0.25, 0.3) is 0 Å². The molecule has 0 radical (unpaired) electrons. The molecule has 0 aromatic heterocycles. The molecule has 208 valence electrons. The molecular weight excluding hydrogens is 512 g/mol. The van der Waals surface area contributed by atoms with E-state index in [1.807, 2.05) is 62.4 Å². The Morgan fingerprint density at radius 2 is 1.75 bits per heavy atom. The van der Waals surface area contributed by atoms with Crippen molar-refractivity contribution in [1.82, 2.24) is 5.32 Å². The van der Waals surface area contributed by atoms with Gasteiger partial charge in [0.05, 0.1) is 31.1 Å². The van der Waals surface area contributed by atoms with Gasteiger partial charge >= 0.3 is 0 Å². The van der Waals surface area contributed by atoms with Crippen molar-refractivity contribution in [1.29, 1.82) is 0 Å². The fourth-order valence-corrected chi connectivity index (χ4v) is 5.66. The maximum atomic E-state index is 14.5. The molecule has 1 aliphatic carbocycles. The first-order valence-electron chi connectivity index (χ1n) is 13.4. The molecule has 2 N–H and O–H groups in total. The second-order valence-electron chi connectivity index (χ2n) is 11.2. The standard InChI is InChI=1S/C32H33F2N3O3/c1-32(2)17-26-30(28(38)18-32)31(21-14-22(33)16-23(34)15-21)37(27-7-5-4-6-25(27)36-26)19-29(39)35-13-12-20-8-10-24(40-3)11-9-20/h4-11,14-16,31,36H,12-13,17-19H2,1-3H3,(H,35,39). The zero-order chi connectivity index (χ0) is 28.4. The largest absolute Gasteiger partial charge is 0.497 e. The number of ketones is 1. The lowest BCUT2D eigenvalue weighted by Gasteiger charge is -2.37. The van der Waals surface area contributed by atoms with E-state index >= 15 is 0 Å². The monoisotopic (exact) mass is 545 g/mol. The average molecular weight is 546 g/mol. The van der Waals surface area contributed by atoms with E-state index in [-0.39, 0.29) is 29.2 Å². The van der Waals surface area contributed by atoms with Crippen LogP contribution in [0.1, 0.15) is 43.9 Å². The van der Waals surface area contributed by atoms with Crippen LogP contribution >= 0.6 is 0 Å². The Balaban J connectivity index is 1.50. The van der Waals surface area contributed by atoms with E-state index in [1.165, 1.54) is 12.1 Å². The summed E-state index contributed by atoms with van der Waals surface area (Å²) in [4.78, 5) is 28.8. The molecule has 0 spiro atoms. The lowest BCUT2D eigenvalue weighted by Crippen LogP contribution is -2.42. The van der Waals surface area contributed by atoms with Crippen molar-refractivity contribution in [2.24, 2.45) is 5.41 Å². The number of ether oxygens (including phenoxy) is 1. The number of hydrogen-bond acceptors (Lipinski definition) is 5. The van der Waals surface area contributed by atoms with Crippen LogP contribution in [0.5, 0.6) is 5.75 Å². The minimum Gasteiger partial charge on any atom is -0.497 e. The summed E-state index contributed by atoms with van der Waals surface area (Å²) >= 11 is 0. The molecule has 3 aromatic rings. The van der Waals surface area contributed by atoms with Crippen LogP contribution in [0, 0.1) is 17.0 Å². The van der Waals surface area contributed by atoms with Gasteiger partial charge in [0.15, 0.2) is 5.78 Å². The van der Waals surface area contributed by atoms with Gasteiger partial charge in [-0.3, -0.25) is 9.59 Å². The Morgan fingerprint density at radius 3 is 2.45 bits per heavy atom. The number of carbonyl (C=O) groups is 2. The Labute approximate surface area is 233 Å². The van der Waals surface area contributed by atoms with Gasteiger partial charge < -0.3 is 20.3 Å². The fraction of sp³-hybridized carbons (Fsp3) is 0.312. The first-order chi connectivity index (χ1) is 19.1. The van der Waals surface area contributed by atoms with Gasteiger partial charge in [0.25, 0.3) is 0 Å². The van der Waals surface area contributed by atoms with Gasteiger partial charge in [-0.1, -0.05) is 38.1 Å². The number of para-hydroxylation sites is 2. The van der Waals surface area contributed by atoms with E-state index in [0.717, 1.165) is 23.1 Å². The summed E-state index contributed by atoms with van der Waals surface area (Å²) in [5, 5.41) is 6.41. The lowest BCUT2D eigenvalue weighted by atomic mass is 9.73. The molecule has 5 rings (SSSR count). The number of hydrogen-bond donors (Lipinski definition) is 2. The maximum absolute atomic E-state index is 14.5. The van der Waals surface area contributed by atoms with Crippen molar-refractivity contribution in [3.05, 3.63) is 101 Å². The van der Waals surface area contributed by atoms with Crippen molar-refractivity contribution in [3.8, 4) is 5.75 Å². The number of nitrogens with one attached hydrogen (secondary N) is 2. The van der Waals surface area contributed by atoms with Gasteiger partial charge in [-0.15, -0.1) is 0 Å². The first kappa shape index (κ1) is 27.4. The molecule has 1 heterocycles. The van der Waals surface area contributed by atoms with Crippen molar-refractivity contribution in [3.63, 3.8) is 0 Å². The van der Waals surface area contributed by atoms with Gasteiger partial charge in [0.2, 0.25) is 5.91 Å². The average Bonchev–Trinajstić information content (AvgIpc) is 3.02. The van der Waals surface area contributed by atoms with Gasteiger partial charge in [0, 0.05) is 30.3 Å². The normalized spacial score (nSPS) is 17.9. The molecule has 0 saturated carbocycles. The van der Waals surface area contributed by atoms with Crippen molar-refractivity contribution < 1.29 is 23.1 Å². The van der Waals surface area contributed by atoms with E-state index in [4.69, 9.17) is 4.74 Å². The second kappa shape index (κ2) is 11.1. The quantitative estimate of drug-likeness (QED) is 0.384. The number of nitrogens with zero attached hydrogens (tertiary/aromatic N) is 1. The van der Waals surface area contributed by atoms with Crippen LogP contribution in [0.2, 0.25) is 0 Å². The van der Waals surface area contributed by atoms with Crippen LogP contribution in [0.15, 0.2) is 78.0 Å². The summed E-state index contributed by atoms with van der Waals surface area (Å²) in [7, 11) is 1.61. The number of Topliss-reactive ketones (excluding diaryl/α,β-unsaturated/α-hetero) is 1. The summed E-state index contributed by atoms with van der Waals surface area (Å²) in [6.45, 7) is 4.34. The smallest absolute Gasteiger partial charge is 0.239 e. The van der Waals surface area contributed by atoms with Gasteiger partial charge in [-0.05, 0) is 65.8 Å². The lowest BCUT2D eigenvalue weighted by molar-refractivity contribution is -0.120. The predicted molar refractivity (Wildman–Crippen MR) is 151 cm³/mol. The number of carbonyl (C=O) groups excluding carboxylic acids is 2. The first-order valence-corrected chi connectivity index (χ1v) is 13.4. The van der Waals surface area contributed by atoms with E-state index < -0.39 is 17.7 Å². The Kier molecular flexibility index (Phi) is 7.61. The van der Waals surface area contributed by atoms with Crippen molar-refractivity contribution in [2.45, 2.75) is 39.2 Å². The molecule has 40 heavy (non-hydrogen) atoms. The van der Waals surface area contributed by atoms with E-state index in [2.05, 4.69) is 10.6 Å². The molecule has 8 heteroatoms. The maximum Gasteiger partial charge on any atom is 0.239 e. The third kappa shape index (κ3) is 5.86. The van der Waals surface area contributed by atoms with Crippen LogP contribution in [0.3, 0.4) is 0 Å². The summed E-state index contributed by atoms with van der Waals surface area (Å²) in [6.07, 6.45) is 1.49. The summed E-state index contributed by atoms with van der Waals surface area (Å²) in [5.74, 6) is -1.09. The highest BCUT2D eigenvalue weighted by Crippen LogP contribution is 2.48. The van der Waals surface area contributed by atoms with Gasteiger partial charge in [-0.25, -0.2) is 8.78 Å². The third-order valence-electron chi connectivity index (χ3n) is 7.41. The van der Waals surface area contributed by atoms with Crippen molar-refractivity contribution in [2.75, 3.05) is 30.4 Å². The molecule has 1 aliphatic heterocycles. The third-order valence-corrected chi connectivity index (χ3v) is 7.41. The number of anilines is 2.